The Bertz CT molecular complexity index is 593. The van der Waals surface area contributed by atoms with Gasteiger partial charge in [-0.3, -0.25) is 4.98 Å². The second-order valence-corrected chi connectivity index (χ2v) is 4.20. The Balaban J connectivity index is 2.36. The van der Waals surface area contributed by atoms with E-state index in [0.717, 1.165) is 11.1 Å². The molecule has 0 aliphatic carbocycles. The molecule has 0 aliphatic rings. The molecule has 0 aliphatic heterocycles. The number of urea groups is 1. The van der Waals surface area contributed by atoms with Gasteiger partial charge in [0.1, 0.15) is 0 Å². The maximum Gasteiger partial charge on any atom is 0.321 e. The zero-order valence-electron chi connectivity index (χ0n) is 11.2. The van der Waals surface area contributed by atoms with Crippen molar-refractivity contribution < 1.29 is 4.79 Å². The zero-order chi connectivity index (χ0) is 13.8. The molecule has 1 heterocycles. The van der Waals surface area contributed by atoms with E-state index in [-0.39, 0.29) is 6.03 Å². The number of nitrogens with zero attached hydrogens (tertiary/aromatic N) is 2. The highest BCUT2D eigenvalue weighted by molar-refractivity contribution is 6.04. The van der Waals surface area contributed by atoms with Gasteiger partial charge in [-0.1, -0.05) is 0 Å². The Labute approximate surface area is 112 Å². The Kier molecular flexibility index (Phi) is 3.85. The molecule has 3 N–H and O–H groups in total. The lowest BCUT2D eigenvalue weighted by Crippen LogP contribution is -2.34. The number of hydrogen-bond donors (Lipinski definition) is 2. The highest BCUT2D eigenvalue weighted by atomic mass is 16.2. The molecule has 5 nitrogen and oxygen atoms in total. The van der Waals surface area contributed by atoms with Crippen molar-refractivity contribution in [2.24, 2.45) is 0 Å². The summed E-state index contributed by atoms with van der Waals surface area (Å²) in [6.07, 6.45) is 1.69. The summed E-state index contributed by atoms with van der Waals surface area (Å²) in [5.41, 5.74) is 7.93. The molecule has 0 saturated carbocycles. The second-order valence-electron chi connectivity index (χ2n) is 4.20. The highest BCUT2D eigenvalue weighted by Gasteiger charge is 2.12. The lowest BCUT2D eigenvalue weighted by molar-refractivity contribution is 0.217. The van der Waals surface area contributed by atoms with Crippen molar-refractivity contribution in [1.82, 2.24) is 9.88 Å². The fourth-order valence-corrected chi connectivity index (χ4v) is 2.01. The van der Waals surface area contributed by atoms with Crippen LogP contribution in [0.4, 0.5) is 16.2 Å². The Morgan fingerprint density at radius 2 is 2.05 bits per heavy atom. The van der Waals surface area contributed by atoms with Gasteiger partial charge in [-0.2, -0.15) is 0 Å². The van der Waals surface area contributed by atoms with E-state index in [1.54, 1.807) is 23.2 Å². The maximum atomic E-state index is 12.1. The molecule has 0 saturated heterocycles. The first kappa shape index (κ1) is 13.1. The summed E-state index contributed by atoms with van der Waals surface area (Å²) in [6.45, 7) is 5.25. The van der Waals surface area contributed by atoms with Gasteiger partial charge in [0.15, 0.2) is 0 Å². The van der Waals surface area contributed by atoms with Crippen LogP contribution in [0.2, 0.25) is 0 Å². The van der Waals surface area contributed by atoms with Gasteiger partial charge in [0.2, 0.25) is 0 Å². The van der Waals surface area contributed by atoms with E-state index in [0.29, 0.717) is 24.3 Å². The number of hydrogen-bond acceptors (Lipinski definition) is 3. The van der Waals surface area contributed by atoms with Gasteiger partial charge in [0.05, 0.1) is 16.9 Å². The minimum Gasteiger partial charge on any atom is -0.397 e. The molecular formula is C14H18N4O. The van der Waals surface area contributed by atoms with Crippen LogP contribution in [0.15, 0.2) is 30.5 Å². The number of rotatable bonds is 3. The average Bonchev–Trinajstić information content (AvgIpc) is 2.44. The third-order valence-corrected chi connectivity index (χ3v) is 3.09. The molecular weight excluding hydrogens is 240 g/mol. The maximum absolute atomic E-state index is 12.1. The van der Waals surface area contributed by atoms with Crippen LogP contribution in [0.1, 0.15) is 13.8 Å². The Hall–Kier alpha value is -2.30. The molecule has 19 heavy (non-hydrogen) atoms. The largest absolute Gasteiger partial charge is 0.397 e. The fraction of sp³-hybridized carbons (Fsp3) is 0.286. The summed E-state index contributed by atoms with van der Waals surface area (Å²) >= 11 is 0. The van der Waals surface area contributed by atoms with Gasteiger partial charge < -0.3 is 16.0 Å². The van der Waals surface area contributed by atoms with Crippen molar-refractivity contribution in [1.29, 1.82) is 0 Å². The summed E-state index contributed by atoms with van der Waals surface area (Å²) in [7, 11) is 0. The Morgan fingerprint density at radius 1 is 1.32 bits per heavy atom. The summed E-state index contributed by atoms with van der Waals surface area (Å²) in [4.78, 5) is 18.0. The third-order valence-electron chi connectivity index (χ3n) is 3.09. The molecule has 1 aromatic heterocycles. The minimum absolute atomic E-state index is 0.111. The van der Waals surface area contributed by atoms with Crippen LogP contribution in [0.25, 0.3) is 10.9 Å². The van der Waals surface area contributed by atoms with Gasteiger partial charge in [0, 0.05) is 24.7 Å². The third kappa shape index (κ3) is 2.59. The molecule has 2 rings (SSSR count). The number of carbonyl (C=O) groups is 1. The number of carbonyl (C=O) groups excluding carboxylic acids is 1. The van der Waals surface area contributed by atoms with E-state index in [1.165, 1.54) is 0 Å². The molecule has 2 amide bonds. The molecule has 0 radical (unpaired) electrons. The number of anilines is 2. The molecule has 0 bridgehead atoms. The average molecular weight is 258 g/mol. The monoisotopic (exact) mass is 258 g/mol. The van der Waals surface area contributed by atoms with Gasteiger partial charge in [-0.25, -0.2) is 4.79 Å². The number of nitrogens with one attached hydrogen (secondary N) is 1. The van der Waals surface area contributed by atoms with Crippen LogP contribution < -0.4 is 11.1 Å². The van der Waals surface area contributed by atoms with Crippen molar-refractivity contribution >= 4 is 28.3 Å². The van der Waals surface area contributed by atoms with Gasteiger partial charge in [0.25, 0.3) is 0 Å². The fourth-order valence-electron chi connectivity index (χ4n) is 2.01. The molecule has 0 spiro atoms. The molecule has 0 atom stereocenters. The van der Waals surface area contributed by atoms with Crippen LogP contribution in [0.3, 0.4) is 0 Å². The van der Waals surface area contributed by atoms with Crippen LogP contribution >= 0.6 is 0 Å². The molecule has 0 unspecified atom stereocenters. The smallest absolute Gasteiger partial charge is 0.321 e. The van der Waals surface area contributed by atoms with Crippen molar-refractivity contribution in [2.75, 3.05) is 24.1 Å². The van der Waals surface area contributed by atoms with E-state index in [2.05, 4.69) is 10.3 Å². The van der Waals surface area contributed by atoms with E-state index in [4.69, 9.17) is 5.73 Å². The summed E-state index contributed by atoms with van der Waals surface area (Å²) < 4.78 is 0. The zero-order valence-corrected chi connectivity index (χ0v) is 11.2. The number of benzene rings is 1. The number of nitrogens with two attached hydrogens (primary N) is 1. The molecule has 100 valence electrons. The minimum atomic E-state index is -0.111. The van der Waals surface area contributed by atoms with Crippen LogP contribution in [-0.2, 0) is 0 Å². The lowest BCUT2D eigenvalue weighted by atomic mass is 10.1. The van der Waals surface area contributed by atoms with E-state index in [9.17, 15) is 4.79 Å². The van der Waals surface area contributed by atoms with Gasteiger partial charge in [-0.15, -0.1) is 0 Å². The van der Waals surface area contributed by atoms with Gasteiger partial charge >= 0.3 is 6.03 Å². The first-order valence-corrected chi connectivity index (χ1v) is 6.36. The molecule has 1 aromatic carbocycles. The quantitative estimate of drug-likeness (QED) is 0.831. The van der Waals surface area contributed by atoms with Crippen LogP contribution in [0.5, 0.6) is 0 Å². The topological polar surface area (TPSA) is 71.2 Å². The van der Waals surface area contributed by atoms with Crippen LogP contribution in [0, 0.1) is 0 Å². The lowest BCUT2D eigenvalue weighted by Gasteiger charge is -2.20. The van der Waals surface area contributed by atoms with E-state index < -0.39 is 0 Å². The number of aromatic nitrogens is 1. The second kappa shape index (κ2) is 5.56. The van der Waals surface area contributed by atoms with Crippen molar-refractivity contribution in [3.05, 3.63) is 30.5 Å². The first-order chi connectivity index (χ1) is 9.17. The predicted molar refractivity (Wildman–Crippen MR) is 78.1 cm³/mol. The molecule has 0 fully saturated rings. The number of pyridine rings is 1. The number of nitrogen functional groups attached to an aromatic ring is 1. The number of fused-ring (bicyclic) bond motifs is 1. The highest BCUT2D eigenvalue weighted by Crippen LogP contribution is 2.26. The first-order valence-electron chi connectivity index (χ1n) is 6.36. The van der Waals surface area contributed by atoms with Crippen molar-refractivity contribution in [2.45, 2.75) is 13.8 Å². The summed E-state index contributed by atoms with van der Waals surface area (Å²) in [5.74, 6) is 0. The SMILES string of the molecule is CCN(CC)C(=O)Nc1ccc(N)c2ncccc12. The van der Waals surface area contributed by atoms with E-state index in [1.807, 2.05) is 26.0 Å². The predicted octanol–water partition coefficient (Wildman–Crippen LogP) is 2.69. The normalized spacial score (nSPS) is 10.4. The van der Waals surface area contributed by atoms with Crippen molar-refractivity contribution in [3.8, 4) is 0 Å². The Morgan fingerprint density at radius 3 is 2.74 bits per heavy atom. The van der Waals surface area contributed by atoms with Gasteiger partial charge in [-0.05, 0) is 38.1 Å². The summed E-state index contributed by atoms with van der Waals surface area (Å²) in [6, 6.07) is 7.18. The van der Waals surface area contributed by atoms with E-state index >= 15 is 0 Å². The summed E-state index contributed by atoms with van der Waals surface area (Å²) in [5, 5.41) is 3.76. The molecule has 5 heteroatoms. The van der Waals surface area contributed by atoms with Crippen LogP contribution in [-0.4, -0.2) is 29.0 Å². The number of amides is 2. The van der Waals surface area contributed by atoms with Crippen molar-refractivity contribution in [3.63, 3.8) is 0 Å². The molecule has 2 aromatic rings. The standard InChI is InChI=1S/C14H18N4O/c1-3-18(4-2)14(19)17-12-8-7-11(15)13-10(12)6-5-9-16-13/h5-9H,3-4,15H2,1-2H3,(H,17,19).